The SMILES string of the molecule is CC(CO)(CCCNC(=O)NCCCC(C)(CO)c1ccccc1)c1ccccc1. The fourth-order valence-corrected chi connectivity index (χ4v) is 3.73. The highest BCUT2D eigenvalue weighted by molar-refractivity contribution is 5.73. The molecule has 2 aromatic rings. The zero-order chi connectivity index (χ0) is 21.9. The Labute approximate surface area is 180 Å². The second-order valence-corrected chi connectivity index (χ2v) is 8.56. The van der Waals surface area contributed by atoms with E-state index in [1.165, 1.54) is 0 Å². The summed E-state index contributed by atoms with van der Waals surface area (Å²) in [7, 11) is 0. The summed E-state index contributed by atoms with van der Waals surface area (Å²) in [5.41, 5.74) is 1.63. The molecule has 0 saturated carbocycles. The molecule has 4 N–H and O–H groups in total. The summed E-state index contributed by atoms with van der Waals surface area (Å²) in [6, 6.07) is 19.8. The third-order valence-electron chi connectivity index (χ3n) is 6.02. The fourth-order valence-electron chi connectivity index (χ4n) is 3.73. The van der Waals surface area contributed by atoms with Crippen molar-refractivity contribution in [1.29, 1.82) is 0 Å². The third-order valence-corrected chi connectivity index (χ3v) is 6.02. The number of nitrogens with one attached hydrogen (secondary N) is 2. The Morgan fingerprint density at radius 3 is 1.43 bits per heavy atom. The van der Waals surface area contributed by atoms with E-state index in [1.54, 1.807) is 0 Å². The van der Waals surface area contributed by atoms with Crippen molar-refractivity contribution in [3.05, 3.63) is 71.8 Å². The van der Waals surface area contributed by atoms with Gasteiger partial charge < -0.3 is 20.8 Å². The molecule has 30 heavy (non-hydrogen) atoms. The quantitative estimate of drug-likeness (QED) is 0.401. The van der Waals surface area contributed by atoms with Gasteiger partial charge in [-0.1, -0.05) is 74.5 Å². The van der Waals surface area contributed by atoms with Crippen LogP contribution < -0.4 is 10.6 Å². The lowest BCUT2D eigenvalue weighted by Crippen LogP contribution is -2.38. The van der Waals surface area contributed by atoms with Gasteiger partial charge >= 0.3 is 6.03 Å². The number of aliphatic hydroxyl groups is 2. The lowest BCUT2D eigenvalue weighted by Gasteiger charge is -2.28. The normalized spacial score (nSPS) is 15.1. The van der Waals surface area contributed by atoms with Crippen LogP contribution in [-0.4, -0.2) is 42.5 Å². The molecule has 2 rings (SSSR count). The van der Waals surface area contributed by atoms with Gasteiger partial charge in [0.25, 0.3) is 0 Å². The van der Waals surface area contributed by atoms with Gasteiger partial charge in [0.2, 0.25) is 0 Å². The molecule has 0 aliphatic heterocycles. The van der Waals surface area contributed by atoms with E-state index in [4.69, 9.17) is 0 Å². The second kappa shape index (κ2) is 11.7. The summed E-state index contributed by atoms with van der Waals surface area (Å²) in [4.78, 5) is 12.1. The molecule has 5 heteroatoms. The van der Waals surface area contributed by atoms with Gasteiger partial charge in [-0.2, -0.15) is 0 Å². The molecule has 0 bridgehead atoms. The first kappa shape index (κ1) is 23.9. The van der Waals surface area contributed by atoms with Gasteiger partial charge in [0.1, 0.15) is 0 Å². The molecule has 0 fully saturated rings. The number of aliphatic hydroxyl groups excluding tert-OH is 2. The molecule has 2 unspecified atom stereocenters. The summed E-state index contributed by atoms with van der Waals surface area (Å²) in [6.07, 6.45) is 3.16. The predicted molar refractivity (Wildman–Crippen MR) is 122 cm³/mol. The maximum atomic E-state index is 12.1. The minimum absolute atomic E-state index is 0.0776. The Morgan fingerprint density at radius 2 is 1.10 bits per heavy atom. The topological polar surface area (TPSA) is 81.6 Å². The van der Waals surface area contributed by atoms with E-state index >= 15 is 0 Å². The van der Waals surface area contributed by atoms with Crippen molar-refractivity contribution in [2.45, 2.75) is 50.4 Å². The molecule has 0 aliphatic carbocycles. The molecule has 2 amide bonds. The van der Waals surface area contributed by atoms with Gasteiger partial charge in [-0.25, -0.2) is 4.79 Å². The molecule has 164 valence electrons. The number of hydrogen-bond acceptors (Lipinski definition) is 3. The molecule has 0 aliphatic rings. The summed E-state index contributed by atoms with van der Waals surface area (Å²) in [5.74, 6) is 0. The Bertz CT molecular complexity index is 690. The monoisotopic (exact) mass is 412 g/mol. The molecule has 0 aromatic heterocycles. The molecule has 2 aromatic carbocycles. The number of amides is 2. The van der Waals surface area contributed by atoms with Crippen LogP contribution in [0.4, 0.5) is 4.79 Å². The number of rotatable bonds is 12. The minimum Gasteiger partial charge on any atom is -0.395 e. The van der Waals surface area contributed by atoms with Crippen LogP contribution in [0.25, 0.3) is 0 Å². The lowest BCUT2D eigenvalue weighted by molar-refractivity contribution is 0.193. The van der Waals surface area contributed by atoms with Gasteiger partial charge in [0.15, 0.2) is 0 Å². The van der Waals surface area contributed by atoms with E-state index in [0.29, 0.717) is 13.1 Å². The van der Waals surface area contributed by atoms with E-state index in [-0.39, 0.29) is 30.1 Å². The van der Waals surface area contributed by atoms with Crippen molar-refractivity contribution in [3.63, 3.8) is 0 Å². The van der Waals surface area contributed by atoms with Crippen molar-refractivity contribution in [2.24, 2.45) is 0 Å². The van der Waals surface area contributed by atoms with Gasteiger partial charge in [0.05, 0.1) is 13.2 Å². The number of carbonyl (C=O) groups is 1. The standard InChI is InChI=1S/C25H36N2O3/c1-24(19-28,21-11-5-3-6-12-21)15-9-17-26-23(30)27-18-10-16-25(2,20-29)22-13-7-4-8-14-22/h3-8,11-14,28-29H,9-10,15-20H2,1-2H3,(H2,26,27,30). The average Bonchev–Trinajstić information content (AvgIpc) is 2.80. The molecular weight excluding hydrogens is 376 g/mol. The van der Waals surface area contributed by atoms with Crippen molar-refractivity contribution in [2.75, 3.05) is 26.3 Å². The van der Waals surface area contributed by atoms with Crippen molar-refractivity contribution in [1.82, 2.24) is 10.6 Å². The molecule has 0 spiro atoms. The van der Waals surface area contributed by atoms with E-state index in [0.717, 1.165) is 36.8 Å². The molecule has 0 radical (unpaired) electrons. The average molecular weight is 413 g/mol. The first-order valence-corrected chi connectivity index (χ1v) is 10.8. The van der Waals surface area contributed by atoms with Crippen LogP contribution in [0.3, 0.4) is 0 Å². The molecule has 0 saturated heterocycles. The molecule has 0 heterocycles. The van der Waals surface area contributed by atoms with Crippen LogP contribution in [0.5, 0.6) is 0 Å². The fraction of sp³-hybridized carbons (Fsp3) is 0.480. The van der Waals surface area contributed by atoms with Crippen LogP contribution in [0.1, 0.15) is 50.7 Å². The predicted octanol–water partition coefficient (Wildman–Crippen LogP) is 3.75. The maximum absolute atomic E-state index is 12.1. The van der Waals surface area contributed by atoms with Crippen LogP contribution in [0.15, 0.2) is 60.7 Å². The Hall–Kier alpha value is -2.37. The zero-order valence-corrected chi connectivity index (χ0v) is 18.2. The van der Waals surface area contributed by atoms with Gasteiger partial charge in [-0.3, -0.25) is 0 Å². The number of benzene rings is 2. The Morgan fingerprint density at radius 1 is 0.733 bits per heavy atom. The van der Waals surface area contributed by atoms with E-state index < -0.39 is 0 Å². The van der Waals surface area contributed by atoms with E-state index in [1.807, 2.05) is 74.5 Å². The van der Waals surface area contributed by atoms with Crippen LogP contribution in [-0.2, 0) is 10.8 Å². The largest absolute Gasteiger partial charge is 0.395 e. The molecular formula is C25H36N2O3. The van der Waals surface area contributed by atoms with Crippen molar-refractivity contribution in [3.8, 4) is 0 Å². The Balaban J connectivity index is 1.67. The first-order chi connectivity index (χ1) is 14.4. The van der Waals surface area contributed by atoms with Crippen LogP contribution >= 0.6 is 0 Å². The number of urea groups is 1. The van der Waals surface area contributed by atoms with Gasteiger partial charge in [0, 0.05) is 23.9 Å². The smallest absolute Gasteiger partial charge is 0.314 e. The van der Waals surface area contributed by atoms with Gasteiger partial charge in [-0.15, -0.1) is 0 Å². The second-order valence-electron chi connectivity index (χ2n) is 8.56. The highest BCUT2D eigenvalue weighted by Gasteiger charge is 2.26. The van der Waals surface area contributed by atoms with Crippen molar-refractivity contribution >= 4 is 6.03 Å². The van der Waals surface area contributed by atoms with Crippen LogP contribution in [0, 0.1) is 0 Å². The van der Waals surface area contributed by atoms with Crippen LogP contribution in [0.2, 0.25) is 0 Å². The van der Waals surface area contributed by atoms with E-state index in [9.17, 15) is 15.0 Å². The minimum atomic E-state index is -0.300. The molecule has 5 nitrogen and oxygen atoms in total. The lowest BCUT2D eigenvalue weighted by atomic mass is 9.79. The Kier molecular flexibility index (Phi) is 9.34. The number of carbonyl (C=O) groups excluding carboxylic acids is 1. The van der Waals surface area contributed by atoms with E-state index in [2.05, 4.69) is 10.6 Å². The summed E-state index contributed by atoms with van der Waals surface area (Å²) in [5, 5.41) is 25.5. The summed E-state index contributed by atoms with van der Waals surface area (Å²) >= 11 is 0. The number of hydrogen-bond donors (Lipinski definition) is 4. The highest BCUT2D eigenvalue weighted by atomic mass is 16.3. The highest BCUT2D eigenvalue weighted by Crippen LogP contribution is 2.29. The summed E-state index contributed by atoms with van der Waals surface area (Å²) in [6.45, 7) is 5.38. The van der Waals surface area contributed by atoms with Crippen molar-refractivity contribution < 1.29 is 15.0 Å². The van der Waals surface area contributed by atoms with Gasteiger partial charge in [-0.05, 0) is 36.8 Å². The maximum Gasteiger partial charge on any atom is 0.314 e. The zero-order valence-electron chi connectivity index (χ0n) is 18.2. The third kappa shape index (κ3) is 6.85. The first-order valence-electron chi connectivity index (χ1n) is 10.8. The molecule has 2 atom stereocenters. The summed E-state index contributed by atoms with van der Waals surface area (Å²) < 4.78 is 0.